The molecule has 0 aliphatic carbocycles. The SMILES string of the molecule is Cc1c(O)c(O)c(-c2c3ccccc3c(-c3cc(-c4ccccc4)cc4ccccc34)c3ccccc23)c(O)c1O. The fourth-order valence-electron chi connectivity index (χ4n) is 6.06. The number of benzene rings is 7. The predicted octanol–water partition coefficient (Wildman–Crippen LogP) is 9.28. The number of phenols is 4. The number of fused-ring (bicyclic) bond motifs is 3. The van der Waals surface area contributed by atoms with Crippen molar-refractivity contribution in [3.05, 3.63) is 121 Å². The Morgan fingerprint density at radius 3 is 1.41 bits per heavy atom. The van der Waals surface area contributed by atoms with Gasteiger partial charge in [-0.3, -0.25) is 0 Å². The van der Waals surface area contributed by atoms with Crippen LogP contribution in [-0.2, 0) is 0 Å². The Kier molecular flexibility index (Phi) is 5.58. The molecule has 0 saturated carbocycles. The quantitative estimate of drug-likeness (QED) is 0.103. The molecular weight excluding hydrogens is 508 g/mol. The maximum atomic E-state index is 11.1. The lowest BCUT2D eigenvalue weighted by molar-refractivity contribution is 0.371. The highest BCUT2D eigenvalue weighted by Crippen LogP contribution is 2.55. The lowest BCUT2D eigenvalue weighted by Crippen LogP contribution is -1.94. The van der Waals surface area contributed by atoms with Crippen LogP contribution in [-0.4, -0.2) is 20.4 Å². The second kappa shape index (κ2) is 9.32. The van der Waals surface area contributed by atoms with Crippen molar-refractivity contribution in [3.63, 3.8) is 0 Å². The molecule has 0 radical (unpaired) electrons. The summed E-state index contributed by atoms with van der Waals surface area (Å²) in [5, 5.41) is 49.2. The molecule has 0 unspecified atom stereocenters. The molecular formula is C37H26O4. The first-order valence-electron chi connectivity index (χ1n) is 13.4. The van der Waals surface area contributed by atoms with Crippen molar-refractivity contribution in [2.24, 2.45) is 0 Å². The third kappa shape index (κ3) is 3.69. The van der Waals surface area contributed by atoms with E-state index in [1.807, 2.05) is 78.9 Å². The highest BCUT2D eigenvalue weighted by molar-refractivity contribution is 6.24. The molecule has 0 bridgehead atoms. The van der Waals surface area contributed by atoms with Crippen molar-refractivity contribution in [2.45, 2.75) is 6.92 Å². The van der Waals surface area contributed by atoms with Gasteiger partial charge in [0.05, 0.1) is 5.56 Å². The van der Waals surface area contributed by atoms with Gasteiger partial charge >= 0.3 is 0 Å². The summed E-state index contributed by atoms with van der Waals surface area (Å²) in [4.78, 5) is 0. The highest BCUT2D eigenvalue weighted by atomic mass is 16.3. The molecule has 4 nitrogen and oxygen atoms in total. The minimum atomic E-state index is -0.475. The molecule has 7 rings (SSSR count). The average molecular weight is 535 g/mol. The van der Waals surface area contributed by atoms with Gasteiger partial charge in [-0.1, -0.05) is 103 Å². The first kappa shape index (κ1) is 24.6. The van der Waals surface area contributed by atoms with Crippen LogP contribution < -0.4 is 0 Å². The Hall–Kier alpha value is -5.48. The van der Waals surface area contributed by atoms with E-state index in [0.717, 1.165) is 54.6 Å². The molecule has 4 N–H and O–H groups in total. The molecule has 0 saturated heterocycles. The van der Waals surface area contributed by atoms with Crippen molar-refractivity contribution < 1.29 is 20.4 Å². The van der Waals surface area contributed by atoms with Gasteiger partial charge in [0, 0.05) is 11.1 Å². The van der Waals surface area contributed by atoms with Crippen LogP contribution in [0.5, 0.6) is 23.0 Å². The van der Waals surface area contributed by atoms with E-state index in [9.17, 15) is 20.4 Å². The molecule has 0 aromatic heterocycles. The lowest BCUT2D eigenvalue weighted by atomic mass is 9.83. The van der Waals surface area contributed by atoms with Gasteiger partial charge in [0.1, 0.15) is 0 Å². The first-order valence-corrected chi connectivity index (χ1v) is 13.4. The van der Waals surface area contributed by atoms with Gasteiger partial charge in [-0.25, -0.2) is 0 Å². The van der Waals surface area contributed by atoms with Gasteiger partial charge in [0.2, 0.25) is 0 Å². The molecule has 7 aromatic rings. The van der Waals surface area contributed by atoms with E-state index in [2.05, 4.69) is 36.4 Å². The van der Waals surface area contributed by atoms with E-state index in [1.165, 1.54) is 6.92 Å². The summed E-state index contributed by atoms with van der Waals surface area (Å²) < 4.78 is 0. The highest BCUT2D eigenvalue weighted by Gasteiger charge is 2.27. The topological polar surface area (TPSA) is 80.9 Å². The Bertz CT molecular complexity index is 2060. The lowest BCUT2D eigenvalue weighted by Gasteiger charge is -2.21. The van der Waals surface area contributed by atoms with Crippen LogP contribution >= 0.6 is 0 Å². The van der Waals surface area contributed by atoms with Crippen LogP contribution in [0.3, 0.4) is 0 Å². The van der Waals surface area contributed by atoms with Gasteiger partial charge in [-0.2, -0.15) is 0 Å². The maximum absolute atomic E-state index is 11.1. The van der Waals surface area contributed by atoms with Crippen molar-refractivity contribution in [1.29, 1.82) is 0 Å². The van der Waals surface area contributed by atoms with Crippen molar-refractivity contribution in [1.82, 2.24) is 0 Å². The van der Waals surface area contributed by atoms with Gasteiger partial charge in [0.25, 0.3) is 0 Å². The fraction of sp³-hybridized carbons (Fsp3) is 0.0270. The maximum Gasteiger partial charge on any atom is 0.169 e. The second-order valence-corrected chi connectivity index (χ2v) is 10.3. The fourth-order valence-corrected chi connectivity index (χ4v) is 6.06. The summed E-state index contributed by atoms with van der Waals surface area (Å²) in [6, 6.07) is 38.8. The summed E-state index contributed by atoms with van der Waals surface area (Å²) in [5.41, 5.74) is 4.83. The molecule has 0 fully saturated rings. The monoisotopic (exact) mass is 534 g/mol. The number of hydrogen-bond donors (Lipinski definition) is 4. The largest absolute Gasteiger partial charge is 0.504 e. The van der Waals surface area contributed by atoms with E-state index < -0.39 is 23.0 Å². The minimum absolute atomic E-state index is 0.00700. The Morgan fingerprint density at radius 2 is 0.854 bits per heavy atom. The van der Waals surface area contributed by atoms with Crippen molar-refractivity contribution in [2.75, 3.05) is 0 Å². The predicted molar refractivity (Wildman–Crippen MR) is 167 cm³/mol. The summed E-state index contributed by atoms with van der Waals surface area (Å²) >= 11 is 0. The molecule has 41 heavy (non-hydrogen) atoms. The van der Waals surface area contributed by atoms with Crippen LogP contribution in [0, 0.1) is 6.92 Å². The molecule has 7 aromatic carbocycles. The van der Waals surface area contributed by atoms with E-state index in [-0.39, 0.29) is 11.1 Å². The zero-order valence-corrected chi connectivity index (χ0v) is 22.3. The van der Waals surface area contributed by atoms with E-state index >= 15 is 0 Å². The van der Waals surface area contributed by atoms with Crippen molar-refractivity contribution >= 4 is 32.3 Å². The van der Waals surface area contributed by atoms with Gasteiger partial charge in [0.15, 0.2) is 23.0 Å². The third-order valence-electron chi connectivity index (χ3n) is 8.05. The van der Waals surface area contributed by atoms with Gasteiger partial charge in [-0.05, 0) is 73.6 Å². The Morgan fingerprint density at radius 1 is 0.390 bits per heavy atom. The van der Waals surface area contributed by atoms with Gasteiger partial charge in [-0.15, -0.1) is 0 Å². The molecule has 0 amide bonds. The molecule has 0 aliphatic rings. The molecule has 0 aliphatic heterocycles. The van der Waals surface area contributed by atoms with Gasteiger partial charge < -0.3 is 20.4 Å². The average Bonchev–Trinajstić information content (AvgIpc) is 3.02. The molecule has 0 spiro atoms. The first-order chi connectivity index (χ1) is 20.0. The summed E-state index contributed by atoms with van der Waals surface area (Å²) in [7, 11) is 0. The van der Waals surface area contributed by atoms with E-state index in [0.29, 0.717) is 5.56 Å². The normalized spacial score (nSPS) is 11.4. The molecule has 198 valence electrons. The Labute approximate surface area is 236 Å². The zero-order chi connectivity index (χ0) is 28.2. The third-order valence-corrected chi connectivity index (χ3v) is 8.05. The summed E-state index contributed by atoms with van der Waals surface area (Å²) in [6.45, 7) is 1.44. The Balaban J connectivity index is 1.68. The second-order valence-electron chi connectivity index (χ2n) is 10.3. The van der Waals surface area contributed by atoms with E-state index in [1.54, 1.807) is 0 Å². The summed E-state index contributed by atoms with van der Waals surface area (Å²) in [6.07, 6.45) is 0. The summed E-state index contributed by atoms with van der Waals surface area (Å²) in [5.74, 6) is -1.88. The molecule has 0 atom stereocenters. The zero-order valence-electron chi connectivity index (χ0n) is 22.3. The van der Waals surface area contributed by atoms with Crippen LogP contribution in [0.25, 0.3) is 65.7 Å². The molecule has 4 heteroatoms. The number of hydrogen-bond acceptors (Lipinski definition) is 4. The standard InChI is InChI=1S/C37H26O4/c1-21-34(38)36(40)33(37(41)35(21)39)32-28-17-9-7-15-26(28)31(27-16-8-10-18-29(27)32)30-20-24(22-11-3-2-4-12-22)19-23-13-5-6-14-25(23)30/h2-20,38-41H,1H3. The number of phenolic OH excluding ortho intramolecular Hbond substituents is 4. The number of aromatic hydroxyl groups is 4. The molecule has 0 heterocycles. The minimum Gasteiger partial charge on any atom is -0.504 e. The van der Waals surface area contributed by atoms with Crippen LogP contribution in [0.1, 0.15) is 5.56 Å². The smallest absolute Gasteiger partial charge is 0.169 e. The van der Waals surface area contributed by atoms with Crippen LogP contribution in [0.2, 0.25) is 0 Å². The number of rotatable bonds is 3. The van der Waals surface area contributed by atoms with Crippen LogP contribution in [0.15, 0.2) is 115 Å². The van der Waals surface area contributed by atoms with E-state index in [4.69, 9.17) is 0 Å². The van der Waals surface area contributed by atoms with Crippen molar-refractivity contribution in [3.8, 4) is 56.4 Å². The van der Waals surface area contributed by atoms with Crippen LogP contribution in [0.4, 0.5) is 0 Å².